The van der Waals surface area contributed by atoms with Gasteiger partial charge in [-0.05, 0) is 35.6 Å². The number of rotatable bonds is 6. The maximum atomic E-state index is 12.9. The molecule has 2 aromatic rings. The molecule has 0 spiro atoms. The molecule has 0 bridgehead atoms. The summed E-state index contributed by atoms with van der Waals surface area (Å²) in [5, 5.41) is 0. The van der Waals surface area contributed by atoms with Gasteiger partial charge in [-0.3, -0.25) is 14.6 Å². The van der Waals surface area contributed by atoms with Crippen LogP contribution in [-0.4, -0.2) is 35.3 Å². The van der Waals surface area contributed by atoms with Gasteiger partial charge in [-0.2, -0.15) is 0 Å². The van der Waals surface area contributed by atoms with Crippen LogP contribution < -0.4 is 4.90 Å². The fourth-order valence-electron chi connectivity index (χ4n) is 3.63. The van der Waals surface area contributed by atoms with Gasteiger partial charge >= 0.3 is 0 Å². The molecule has 2 amide bonds. The van der Waals surface area contributed by atoms with Gasteiger partial charge in [-0.25, -0.2) is 0 Å². The van der Waals surface area contributed by atoms with Gasteiger partial charge in [-0.15, -0.1) is 0 Å². The van der Waals surface area contributed by atoms with E-state index in [1.165, 1.54) is 5.56 Å². The van der Waals surface area contributed by atoms with Crippen molar-refractivity contribution in [3.8, 4) is 0 Å². The molecule has 5 heteroatoms. The lowest BCUT2D eigenvalue weighted by Crippen LogP contribution is -2.34. The molecule has 2 heterocycles. The van der Waals surface area contributed by atoms with Crippen molar-refractivity contribution < 1.29 is 9.59 Å². The van der Waals surface area contributed by atoms with Crippen LogP contribution >= 0.6 is 0 Å². The Balaban J connectivity index is 1.73. The van der Waals surface area contributed by atoms with Crippen LogP contribution in [0, 0.1) is 5.92 Å². The van der Waals surface area contributed by atoms with Gasteiger partial charge in [0.15, 0.2) is 0 Å². The van der Waals surface area contributed by atoms with Crippen molar-refractivity contribution in [1.29, 1.82) is 0 Å². The first kappa shape index (κ1) is 19.1. The molecule has 1 fully saturated rings. The Hall–Kier alpha value is -2.69. The lowest BCUT2D eigenvalue weighted by molar-refractivity contribution is -0.135. The number of pyridine rings is 1. The molecule has 2 unspecified atom stereocenters. The van der Waals surface area contributed by atoms with Crippen LogP contribution in [0.5, 0.6) is 0 Å². The smallest absolute Gasteiger partial charge is 0.228 e. The molecule has 1 aliphatic rings. The molecule has 3 rings (SSSR count). The van der Waals surface area contributed by atoms with Crippen molar-refractivity contribution in [1.82, 2.24) is 9.88 Å². The minimum absolute atomic E-state index is 0.00993. The number of anilines is 1. The second-order valence-corrected chi connectivity index (χ2v) is 7.33. The normalized spacial score (nSPS) is 17.8. The van der Waals surface area contributed by atoms with E-state index in [0.717, 1.165) is 17.7 Å². The van der Waals surface area contributed by atoms with Crippen LogP contribution in [0.1, 0.15) is 43.7 Å². The molecule has 1 saturated heterocycles. The fraction of sp³-hybridized carbons (Fsp3) is 0.409. The van der Waals surface area contributed by atoms with Crippen LogP contribution in [0.15, 0.2) is 48.8 Å². The summed E-state index contributed by atoms with van der Waals surface area (Å²) in [6, 6.07) is 11.9. The van der Waals surface area contributed by atoms with E-state index in [2.05, 4.69) is 24.9 Å². The largest absolute Gasteiger partial charge is 0.341 e. The molecule has 5 nitrogen and oxygen atoms in total. The fourth-order valence-corrected chi connectivity index (χ4v) is 3.63. The van der Waals surface area contributed by atoms with Crippen molar-refractivity contribution in [2.45, 2.75) is 39.2 Å². The summed E-state index contributed by atoms with van der Waals surface area (Å²) >= 11 is 0. The number of nitrogens with zero attached hydrogens (tertiary/aromatic N) is 3. The second-order valence-electron chi connectivity index (χ2n) is 7.33. The molecule has 1 aromatic carbocycles. The first-order valence-electron chi connectivity index (χ1n) is 9.54. The predicted molar refractivity (Wildman–Crippen MR) is 106 cm³/mol. The summed E-state index contributed by atoms with van der Waals surface area (Å²) in [6.07, 6.45) is 4.76. The van der Waals surface area contributed by atoms with Gasteiger partial charge in [0.25, 0.3) is 0 Å². The van der Waals surface area contributed by atoms with Crippen LogP contribution in [0.4, 0.5) is 5.69 Å². The Labute approximate surface area is 161 Å². The third kappa shape index (κ3) is 4.18. The van der Waals surface area contributed by atoms with Gasteiger partial charge in [0.1, 0.15) is 0 Å². The highest BCUT2D eigenvalue weighted by molar-refractivity contribution is 6.00. The Morgan fingerprint density at radius 1 is 1.30 bits per heavy atom. The third-order valence-electron chi connectivity index (χ3n) is 5.36. The molecule has 1 aliphatic heterocycles. The van der Waals surface area contributed by atoms with Crippen LogP contribution in [0.2, 0.25) is 0 Å². The van der Waals surface area contributed by atoms with E-state index in [1.807, 2.05) is 30.3 Å². The molecule has 0 saturated carbocycles. The highest BCUT2D eigenvalue weighted by Gasteiger charge is 2.37. The van der Waals surface area contributed by atoms with Crippen molar-refractivity contribution in [3.63, 3.8) is 0 Å². The Kier molecular flexibility index (Phi) is 5.89. The van der Waals surface area contributed by atoms with Crippen molar-refractivity contribution in [2.24, 2.45) is 5.92 Å². The summed E-state index contributed by atoms with van der Waals surface area (Å²) < 4.78 is 0. The second kappa shape index (κ2) is 8.33. The Morgan fingerprint density at radius 2 is 2.07 bits per heavy atom. The summed E-state index contributed by atoms with van der Waals surface area (Å²) in [7, 11) is 1.79. The van der Waals surface area contributed by atoms with Gasteiger partial charge in [0.05, 0.1) is 5.92 Å². The molecular weight excluding hydrogens is 338 g/mol. The number of carbonyl (C=O) groups excluding carboxylic acids is 2. The summed E-state index contributed by atoms with van der Waals surface area (Å²) in [4.78, 5) is 33.1. The molecule has 0 aliphatic carbocycles. The van der Waals surface area contributed by atoms with E-state index in [9.17, 15) is 9.59 Å². The Bertz CT molecular complexity index is 806. The van der Waals surface area contributed by atoms with Crippen LogP contribution in [-0.2, 0) is 16.1 Å². The number of benzene rings is 1. The maximum absolute atomic E-state index is 12.9. The lowest BCUT2D eigenvalue weighted by atomic mass is 9.96. The number of carbonyl (C=O) groups is 2. The van der Waals surface area contributed by atoms with E-state index in [0.29, 0.717) is 19.0 Å². The van der Waals surface area contributed by atoms with Crippen LogP contribution in [0.25, 0.3) is 0 Å². The van der Waals surface area contributed by atoms with E-state index in [4.69, 9.17) is 0 Å². The molecular formula is C22H27N3O2. The summed E-state index contributed by atoms with van der Waals surface area (Å²) in [6.45, 7) is 5.26. The van der Waals surface area contributed by atoms with Gasteiger partial charge in [0, 0.05) is 44.6 Å². The van der Waals surface area contributed by atoms with Gasteiger partial charge < -0.3 is 9.80 Å². The molecule has 142 valence electrons. The van der Waals surface area contributed by atoms with Gasteiger partial charge in [-0.1, -0.05) is 38.1 Å². The first-order chi connectivity index (χ1) is 13.0. The minimum Gasteiger partial charge on any atom is -0.341 e. The molecule has 27 heavy (non-hydrogen) atoms. The molecule has 2 atom stereocenters. The van der Waals surface area contributed by atoms with Crippen molar-refractivity contribution >= 4 is 17.5 Å². The SMILES string of the molecule is CCC(C)c1ccccc1N1CC(C(=O)N(C)Cc2cccnc2)CC1=O. The quantitative estimate of drug-likeness (QED) is 0.786. The number of hydrogen-bond acceptors (Lipinski definition) is 3. The average molecular weight is 365 g/mol. The number of aromatic nitrogens is 1. The zero-order chi connectivity index (χ0) is 19.4. The highest BCUT2D eigenvalue weighted by atomic mass is 16.2. The Morgan fingerprint density at radius 3 is 2.78 bits per heavy atom. The van der Waals surface area contributed by atoms with E-state index >= 15 is 0 Å². The highest BCUT2D eigenvalue weighted by Crippen LogP contribution is 2.33. The lowest BCUT2D eigenvalue weighted by Gasteiger charge is -2.24. The zero-order valence-electron chi connectivity index (χ0n) is 16.3. The minimum atomic E-state index is -0.302. The van der Waals surface area contributed by atoms with E-state index in [-0.39, 0.29) is 24.2 Å². The van der Waals surface area contributed by atoms with E-state index < -0.39 is 0 Å². The topological polar surface area (TPSA) is 53.5 Å². The first-order valence-corrected chi connectivity index (χ1v) is 9.54. The molecule has 0 radical (unpaired) electrons. The van der Waals surface area contributed by atoms with Crippen molar-refractivity contribution in [3.05, 3.63) is 59.9 Å². The molecule has 0 N–H and O–H groups in total. The summed E-state index contributed by atoms with van der Waals surface area (Å²) in [5.41, 5.74) is 3.10. The molecule has 1 aromatic heterocycles. The number of amides is 2. The third-order valence-corrected chi connectivity index (χ3v) is 5.36. The zero-order valence-corrected chi connectivity index (χ0v) is 16.3. The average Bonchev–Trinajstić information content (AvgIpc) is 3.09. The van der Waals surface area contributed by atoms with E-state index in [1.54, 1.807) is 29.2 Å². The maximum Gasteiger partial charge on any atom is 0.228 e. The summed E-state index contributed by atoms with van der Waals surface area (Å²) in [5.74, 6) is 0.107. The van der Waals surface area contributed by atoms with Crippen molar-refractivity contribution in [2.75, 3.05) is 18.5 Å². The predicted octanol–water partition coefficient (Wildman–Crippen LogP) is 3.61. The number of hydrogen-bond donors (Lipinski definition) is 0. The number of para-hydroxylation sites is 1. The van der Waals surface area contributed by atoms with Gasteiger partial charge in [0.2, 0.25) is 11.8 Å². The monoisotopic (exact) mass is 365 g/mol. The standard InChI is InChI=1S/C22H27N3O2/c1-4-16(2)19-9-5-6-10-20(19)25-15-18(12-21(25)26)22(27)24(3)14-17-8-7-11-23-13-17/h5-11,13,16,18H,4,12,14-15H2,1-3H3. The van der Waals surface area contributed by atoms with Crippen LogP contribution in [0.3, 0.4) is 0 Å².